The van der Waals surface area contributed by atoms with Crippen molar-refractivity contribution in [1.82, 2.24) is 10.3 Å². The van der Waals surface area contributed by atoms with Gasteiger partial charge in [-0.25, -0.2) is 4.98 Å². The summed E-state index contributed by atoms with van der Waals surface area (Å²) in [7, 11) is 0. The molecule has 1 aromatic carbocycles. The van der Waals surface area contributed by atoms with Crippen LogP contribution >= 0.6 is 28.3 Å². The monoisotopic (exact) mass is 352 g/mol. The zero-order valence-corrected chi connectivity index (χ0v) is 13.1. The number of nitrogens with zero attached hydrogens (tertiary/aromatic N) is 1. The molecule has 0 unspecified atom stereocenters. The van der Waals surface area contributed by atoms with Gasteiger partial charge in [0.05, 0.1) is 16.1 Å². The number of thiazole rings is 1. The van der Waals surface area contributed by atoms with E-state index in [1.807, 2.05) is 17.5 Å². The lowest BCUT2D eigenvalue weighted by Crippen LogP contribution is -2.20. The zero-order valence-electron chi connectivity index (χ0n) is 10.6. The average molecular weight is 353 g/mol. The number of aromatic nitrogens is 1. The minimum Gasteiger partial charge on any atom is -0.288 e. The summed E-state index contributed by atoms with van der Waals surface area (Å²) in [4.78, 5) is 27.5. The number of hydrogen-bond donors (Lipinski definition) is 1. The summed E-state index contributed by atoms with van der Waals surface area (Å²) < 4.78 is 0. The van der Waals surface area contributed by atoms with E-state index in [0.29, 0.717) is 11.1 Å². The average Bonchev–Trinajstić information content (AvgIpc) is 3.00. The van der Waals surface area contributed by atoms with Crippen molar-refractivity contribution in [3.8, 4) is 0 Å². The van der Waals surface area contributed by atoms with E-state index < -0.39 is 0 Å². The molecule has 0 saturated carbocycles. The zero-order chi connectivity index (χ0) is 13.2. The van der Waals surface area contributed by atoms with Gasteiger partial charge in [0, 0.05) is 11.6 Å². The molecular weight excluding hydrogens is 340 g/mol. The number of fused-ring (bicyclic) bond motifs is 1. The highest BCUT2D eigenvalue weighted by atomic mass is 79.9. The van der Waals surface area contributed by atoms with Crippen molar-refractivity contribution in [3.05, 3.63) is 51.5 Å². The summed E-state index contributed by atoms with van der Waals surface area (Å²) in [5, 5.41) is 5.40. The van der Waals surface area contributed by atoms with Crippen LogP contribution in [-0.2, 0) is 12.8 Å². The van der Waals surface area contributed by atoms with Crippen molar-refractivity contribution in [3.63, 3.8) is 0 Å². The number of nitrogens with one attached hydrogen (secondary N) is 1. The number of hydrogen-bond acceptors (Lipinski definition) is 4. The molecular formula is C14H13BrN2O2S. The summed E-state index contributed by atoms with van der Waals surface area (Å²) in [6.45, 7) is 0. The minimum absolute atomic E-state index is 0. The molecule has 2 heterocycles. The van der Waals surface area contributed by atoms with E-state index >= 15 is 0 Å². The van der Waals surface area contributed by atoms with E-state index in [1.54, 1.807) is 23.6 Å². The maximum atomic E-state index is 11.7. The van der Waals surface area contributed by atoms with Gasteiger partial charge in [-0.2, -0.15) is 0 Å². The molecule has 6 heteroatoms. The molecule has 0 saturated heterocycles. The van der Waals surface area contributed by atoms with Crippen LogP contribution in [0.5, 0.6) is 0 Å². The number of rotatable bonds is 4. The van der Waals surface area contributed by atoms with Crippen molar-refractivity contribution in [2.45, 2.75) is 19.3 Å². The summed E-state index contributed by atoms with van der Waals surface area (Å²) in [6.07, 6.45) is 4.40. The van der Waals surface area contributed by atoms with E-state index in [-0.39, 0.29) is 28.8 Å². The molecule has 1 aromatic heterocycles. The molecule has 104 valence electrons. The van der Waals surface area contributed by atoms with Gasteiger partial charge in [0.2, 0.25) is 0 Å². The van der Waals surface area contributed by atoms with Crippen molar-refractivity contribution < 1.29 is 9.59 Å². The van der Waals surface area contributed by atoms with Gasteiger partial charge in [0.15, 0.2) is 0 Å². The van der Waals surface area contributed by atoms with Crippen LogP contribution in [0.3, 0.4) is 0 Å². The first-order chi connectivity index (χ1) is 9.25. The number of amides is 2. The van der Waals surface area contributed by atoms with E-state index in [4.69, 9.17) is 0 Å². The SMILES string of the molecule is Br.O=C1NC(=O)c2c(CCCc3nccs3)cccc21. The second-order valence-corrected chi connectivity index (χ2v) is 5.38. The molecule has 0 bridgehead atoms. The lowest BCUT2D eigenvalue weighted by molar-refractivity contribution is 0.0879. The van der Waals surface area contributed by atoms with Gasteiger partial charge in [-0.1, -0.05) is 12.1 Å². The maximum Gasteiger partial charge on any atom is 0.259 e. The first kappa shape index (κ1) is 14.9. The normalized spacial score (nSPS) is 12.8. The number of carbonyl (C=O) groups is 2. The molecule has 1 aliphatic heterocycles. The third kappa shape index (κ3) is 2.81. The Bertz CT molecular complexity index is 641. The first-order valence-corrected chi connectivity index (χ1v) is 6.99. The highest BCUT2D eigenvalue weighted by Gasteiger charge is 2.28. The van der Waals surface area contributed by atoms with Crippen LogP contribution in [-0.4, -0.2) is 16.8 Å². The van der Waals surface area contributed by atoms with E-state index in [0.717, 1.165) is 29.8 Å². The van der Waals surface area contributed by atoms with Crippen LogP contribution < -0.4 is 5.32 Å². The highest BCUT2D eigenvalue weighted by molar-refractivity contribution is 8.93. The van der Waals surface area contributed by atoms with Crippen molar-refractivity contribution >= 4 is 40.1 Å². The molecule has 20 heavy (non-hydrogen) atoms. The fourth-order valence-corrected chi connectivity index (χ4v) is 2.97. The maximum absolute atomic E-state index is 11.7. The van der Waals surface area contributed by atoms with Crippen LogP contribution in [0.15, 0.2) is 29.8 Å². The molecule has 0 radical (unpaired) electrons. The van der Waals surface area contributed by atoms with Crippen molar-refractivity contribution in [2.75, 3.05) is 0 Å². The second kappa shape index (κ2) is 6.28. The molecule has 4 nitrogen and oxygen atoms in total. The first-order valence-electron chi connectivity index (χ1n) is 6.11. The van der Waals surface area contributed by atoms with Crippen LogP contribution in [0.1, 0.15) is 37.7 Å². The lowest BCUT2D eigenvalue weighted by atomic mass is 9.98. The van der Waals surface area contributed by atoms with Gasteiger partial charge in [0.25, 0.3) is 11.8 Å². The largest absolute Gasteiger partial charge is 0.288 e. The predicted octanol–water partition coefficient (Wildman–Crippen LogP) is 2.78. The Morgan fingerprint density at radius 2 is 2.00 bits per heavy atom. The number of carbonyl (C=O) groups excluding carboxylic acids is 2. The lowest BCUT2D eigenvalue weighted by Gasteiger charge is -2.04. The number of aryl methyl sites for hydroxylation is 2. The molecule has 0 fully saturated rings. The summed E-state index contributed by atoms with van der Waals surface area (Å²) >= 11 is 1.64. The molecule has 2 amide bonds. The fourth-order valence-electron chi connectivity index (χ4n) is 2.31. The molecule has 1 N–H and O–H groups in total. The van der Waals surface area contributed by atoms with Gasteiger partial charge < -0.3 is 0 Å². The predicted molar refractivity (Wildman–Crippen MR) is 82.7 cm³/mol. The third-order valence-corrected chi connectivity index (χ3v) is 4.01. The number of halogens is 1. The smallest absolute Gasteiger partial charge is 0.259 e. The second-order valence-electron chi connectivity index (χ2n) is 4.40. The van der Waals surface area contributed by atoms with E-state index in [1.165, 1.54) is 0 Å². The minimum atomic E-state index is -0.290. The molecule has 2 aromatic rings. The van der Waals surface area contributed by atoms with Gasteiger partial charge in [-0.05, 0) is 30.9 Å². The van der Waals surface area contributed by atoms with Gasteiger partial charge in [0.1, 0.15) is 0 Å². The fraction of sp³-hybridized carbons (Fsp3) is 0.214. The highest BCUT2D eigenvalue weighted by Crippen LogP contribution is 2.21. The molecule has 0 spiro atoms. The molecule has 1 aliphatic rings. The quantitative estimate of drug-likeness (QED) is 0.860. The molecule has 0 atom stereocenters. The van der Waals surface area contributed by atoms with E-state index in [2.05, 4.69) is 10.3 Å². The van der Waals surface area contributed by atoms with Crippen LogP contribution in [0.25, 0.3) is 0 Å². The van der Waals surface area contributed by atoms with Crippen LogP contribution in [0, 0.1) is 0 Å². The van der Waals surface area contributed by atoms with Crippen LogP contribution in [0.4, 0.5) is 0 Å². The van der Waals surface area contributed by atoms with Gasteiger partial charge >= 0.3 is 0 Å². The number of benzene rings is 1. The Morgan fingerprint density at radius 1 is 1.15 bits per heavy atom. The molecule has 0 aliphatic carbocycles. The third-order valence-electron chi connectivity index (χ3n) is 3.17. The topological polar surface area (TPSA) is 59.1 Å². The van der Waals surface area contributed by atoms with Crippen molar-refractivity contribution in [1.29, 1.82) is 0 Å². The summed E-state index contributed by atoms with van der Waals surface area (Å²) in [5.74, 6) is -0.563. The Balaban J connectivity index is 0.00000147. The van der Waals surface area contributed by atoms with Gasteiger partial charge in [-0.3, -0.25) is 14.9 Å². The Hall–Kier alpha value is -1.53. The number of imide groups is 1. The van der Waals surface area contributed by atoms with E-state index in [9.17, 15) is 9.59 Å². The van der Waals surface area contributed by atoms with Crippen LogP contribution in [0.2, 0.25) is 0 Å². The Kier molecular flexibility index (Phi) is 4.67. The Labute approximate surface area is 131 Å². The summed E-state index contributed by atoms with van der Waals surface area (Å²) in [5.41, 5.74) is 1.99. The molecule has 3 rings (SSSR count). The van der Waals surface area contributed by atoms with Crippen molar-refractivity contribution in [2.24, 2.45) is 0 Å². The standard InChI is InChI=1S/C14H12N2O2S.BrH/c17-13-10-5-1-3-9(12(10)14(18)16-13)4-2-6-11-15-7-8-19-11;/h1,3,5,7-8H,2,4,6H2,(H,16,17,18);1H. The van der Waals surface area contributed by atoms with Gasteiger partial charge in [-0.15, -0.1) is 28.3 Å². The Morgan fingerprint density at radius 3 is 2.75 bits per heavy atom. The summed E-state index contributed by atoms with van der Waals surface area (Å²) in [6, 6.07) is 5.44.